The average Bonchev–Trinajstić information content (AvgIpc) is 3.60. The number of rotatable bonds is 5. The fraction of sp³-hybridized carbons (Fsp3) is 0.207. The summed E-state index contributed by atoms with van der Waals surface area (Å²) in [6.45, 7) is 1.92. The molecule has 4 aromatic rings. The van der Waals surface area contributed by atoms with E-state index in [4.69, 9.17) is 16.7 Å². The van der Waals surface area contributed by atoms with E-state index in [2.05, 4.69) is 4.40 Å². The summed E-state index contributed by atoms with van der Waals surface area (Å²) in [5.74, 6) is -0.259. The van der Waals surface area contributed by atoms with Gasteiger partial charge in [0.15, 0.2) is 0 Å². The molecule has 1 aliphatic rings. The number of thiophene rings is 1. The second-order valence-corrected chi connectivity index (χ2v) is 12.8. The van der Waals surface area contributed by atoms with Gasteiger partial charge in [-0.25, -0.2) is 4.57 Å². The smallest absolute Gasteiger partial charge is 0.377 e. The quantitative estimate of drug-likeness (QED) is 0.148. The molecule has 1 aliphatic heterocycles. The topological polar surface area (TPSA) is 69.2 Å². The minimum absolute atomic E-state index is 0.0294. The molecule has 3 heterocycles. The summed E-state index contributed by atoms with van der Waals surface area (Å²) in [6.07, 6.45) is -1.27. The normalized spacial score (nSPS) is 17.8. The second-order valence-electron chi connectivity index (χ2n) is 9.82. The van der Waals surface area contributed by atoms with Crippen molar-refractivity contribution in [3.8, 4) is 0 Å². The maximum absolute atomic E-state index is 13.5. The molecule has 2 atom stereocenters. The van der Waals surface area contributed by atoms with Crippen LogP contribution in [0.2, 0.25) is 5.02 Å². The van der Waals surface area contributed by atoms with Gasteiger partial charge in [0.1, 0.15) is 10.9 Å². The zero-order valence-corrected chi connectivity index (χ0v) is 25.1. The molecule has 5 rings (SSSR count). The zero-order chi connectivity index (χ0) is 30.2. The Balaban J connectivity index is 1.66. The number of anilines is 1. The highest BCUT2D eigenvalue weighted by Crippen LogP contribution is 2.37. The lowest BCUT2D eigenvalue weighted by molar-refractivity contribution is -0.565. The first-order valence-corrected chi connectivity index (χ1v) is 15.4. The van der Waals surface area contributed by atoms with E-state index in [1.807, 2.05) is 55.6 Å². The molecule has 42 heavy (non-hydrogen) atoms. The molecule has 0 fully saturated rings. The van der Waals surface area contributed by atoms with Crippen LogP contribution >= 0.6 is 22.9 Å². The largest absolute Gasteiger partial charge is 0.435 e. The standard InChI is InChI=1S/C29H26ClF3N5O2S2/c1-19-26(25-5-4-18-41-25)27(20-6-10-22(30)11-7-20)34-38(19)28(37-16-14-23(15-17-37)36(2)3)35-42(39,40)24-12-8-21(9-13-24)29(31,32)33/h4-19,26H,1-3H3/q+1/t19-,26-/m1/s1. The van der Waals surface area contributed by atoms with Gasteiger partial charge in [0.25, 0.3) is 0 Å². The fourth-order valence-electron chi connectivity index (χ4n) is 4.60. The molecular weight excluding hydrogens is 607 g/mol. The van der Waals surface area contributed by atoms with Crippen molar-refractivity contribution < 1.29 is 26.2 Å². The SMILES string of the molecule is C[C@@H]1[C@H](c2cccs2)C(c2ccc(Cl)cc2)=NN1C(=NS(=O)(=O)c1ccc(C(F)(F)F)cc1)[n+]1ccc(N(C)C)cc1. The summed E-state index contributed by atoms with van der Waals surface area (Å²) in [5, 5.41) is 8.98. The van der Waals surface area contributed by atoms with Gasteiger partial charge in [-0.3, -0.25) is 0 Å². The predicted octanol–water partition coefficient (Wildman–Crippen LogP) is 6.26. The van der Waals surface area contributed by atoms with E-state index in [1.165, 1.54) is 4.57 Å². The van der Waals surface area contributed by atoms with E-state index >= 15 is 0 Å². The van der Waals surface area contributed by atoms with Crippen LogP contribution in [0.5, 0.6) is 0 Å². The maximum atomic E-state index is 13.5. The van der Waals surface area contributed by atoms with Gasteiger partial charge in [0, 0.05) is 34.1 Å². The molecule has 2 aromatic carbocycles. The second kappa shape index (κ2) is 11.5. The molecule has 0 N–H and O–H groups in total. The highest BCUT2D eigenvalue weighted by Gasteiger charge is 2.45. The van der Waals surface area contributed by atoms with Crippen molar-refractivity contribution in [3.05, 3.63) is 112 Å². The lowest BCUT2D eigenvalue weighted by atomic mass is 9.90. The molecule has 13 heteroatoms. The highest BCUT2D eigenvalue weighted by atomic mass is 35.5. The minimum Gasteiger partial charge on any atom is -0.377 e. The number of alkyl halides is 3. The van der Waals surface area contributed by atoms with E-state index in [1.54, 1.807) is 53.0 Å². The summed E-state index contributed by atoms with van der Waals surface area (Å²) >= 11 is 7.70. The summed E-state index contributed by atoms with van der Waals surface area (Å²) < 4.78 is 72.1. The summed E-state index contributed by atoms with van der Waals surface area (Å²) in [6, 6.07) is 17.6. The van der Waals surface area contributed by atoms with E-state index in [0.717, 1.165) is 40.4 Å². The van der Waals surface area contributed by atoms with Crippen LogP contribution in [-0.2, 0) is 16.2 Å². The van der Waals surface area contributed by atoms with Crippen LogP contribution in [-0.4, -0.2) is 45.2 Å². The molecule has 7 nitrogen and oxygen atoms in total. The fourth-order valence-corrected chi connectivity index (χ4v) is 6.63. The third-order valence-electron chi connectivity index (χ3n) is 6.81. The molecule has 0 saturated carbocycles. The maximum Gasteiger partial charge on any atom is 0.435 e. The third kappa shape index (κ3) is 6.06. The van der Waals surface area contributed by atoms with Crippen LogP contribution < -0.4 is 9.47 Å². The van der Waals surface area contributed by atoms with E-state index in [9.17, 15) is 21.6 Å². The lowest BCUT2D eigenvalue weighted by Gasteiger charge is -2.20. The van der Waals surface area contributed by atoms with Gasteiger partial charge in [-0.2, -0.15) is 21.6 Å². The molecule has 0 spiro atoms. The molecule has 0 aliphatic carbocycles. The molecule has 0 saturated heterocycles. The van der Waals surface area contributed by atoms with Gasteiger partial charge in [-0.15, -0.1) is 21.4 Å². The molecule has 0 radical (unpaired) electrons. The molecule has 0 amide bonds. The van der Waals surface area contributed by atoms with Crippen molar-refractivity contribution in [2.75, 3.05) is 19.0 Å². The van der Waals surface area contributed by atoms with Gasteiger partial charge < -0.3 is 4.90 Å². The number of hydrogen-bond acceptors (Lipinski definition) is 5. The van der Waals surface area contributed by atoms with Gasteiger partial charge in [0.2, 0.25) is 0 Å². The van der Waals surface area contributed by atoms with Crippen molar-refractivity contribution >= 4 is 50.3 Å². The Labute approximate surface area is 250 Å². The molecule has 0 unspecified atom stereocenters. The lowest BCUT2D eigenvalue weighted by Crippen LogP contribution is -2.53. The van der Waals surface area contributed by atoms with Gasteiger partial charge >= 0.3 is 22.2 Å². The Bertz CT molecular complexity index is 1720. The Kier molecular flexibility index (Phi) is 8.15. The Morgan fingerprint density at radius 3 is 2.21 bits per heavy atom. The number of hydrazone groups is 1. The van der Waals surface area contributed by atoms with Crippen molar-refractivity contribution in [1.29, 1.82) is 0 Å². The Morgan fingerprint density at radius 2 is 1.67 bits per heavy atom. The monoisotopic (exact) mass is 632 g/mol. The van der Waals surface area contributed by atoms with Crippen molar-refractivity contribution in [2.45, 2.75) is 30.0 Å². The number of sulfonamides is 1. The number of benzene rings is 2. The van der Waals surface area contributed by atoms with Gasteiger partial charge in [-0.05, 0) is 72.5 Å². The number of halogens is 4. The summed E-state index contributed by atoms with van der Waals surface area (Å²) in [5.41, 5.74) is 1.42. The van der Waals surface area contributed by atoms with Crippen molar-refractivity contribution in [3.63, 3.8) is 0 Å². The average molecular weight is 633 g/mol. The van der Waals surface area contributed by atoms with Gasteiger partial charge in [-0.1, -0.05) is 29.8 Å². The van der Waals surface area contributed by atoms with E-state index in [-0.39, 0.29) is 22.8 Å². The van der Waals surface area contributed by atoms with E-state index < -0.39 is 21.8 Å². The predicted molar refractivity (Wildman–Crippen MR) is 159 cm³/mol. The Hall–Kier alpha value is -3.74. The van der Waals surface area contributed by atoms with Crippen LogP contribution in [0.15, 0.2) is 105 Å². The molecular formula is C29H26ClF3N5O2S2+. The molecule has 218 valence electrons. The third-order valence-corrected chi connectivity index (χ3v) is 9.29. The summed E-state index contributed by atoms with van der Waals surface area (Å²) in [7, 11) is -0.701. The number of hydrogen-bond donors (Lipinski definition) is 0. The minimum atomic E-state index is -4.60. The summed E-state index contributed by atoms with van der Waals surface area (Å²) in [4.78, 5) is 2.54. The van der Waals surface area contributed by atoms with Crippen LogP contribution in [0, 0.1) is 0 Å². The first-order valence-electron chi connectivity index (χ1n) is 12.7. The number of aromatic nitrogens is 1. The van der Waals surface area contributed by atoms with Crippen LogP contribution in [0.1, 0.15) is 28.8 Å². The Morgan fingerprint density at radius 1 is 1.02 bits per heavy atom. The molecule has 0 bridgehead atoms. The van der Waals surface area contributed by atoms with E-state index in [0.29, 0.717) is 10.7 Å². The van der Waals surface area contributed by atoms with Gasteiger partial charge in [0.05, 0.1) is 29.6 Å². The number of pyridine rings is 1. The first kappa shape index (κ1) is 29.7. The molecule has 2 aromatic heterocycles. The zero-order valence-electron chi connectivity index (χ0n) is 22.7. The highest BCUT2D eigenvalue weighted by molar-refractivity contribution is 7.90. The number of nitrogens with zero attached hydrogens (tertiary/aromatic N) is 5. The van der Waals surface area contributed by atoms with Crippen LogP contribution in [0.4, 0.5) is 18.9 Å². The van der Waals surface area contributed by atoms with Crippen molar-refractivity contribution in [2.24, 2.45) is 9.50 Å². The van der Waals surface area contributed by atoms with Crippen molar-refractivity contribution in [1.82, 2.24) is 5.01 Å². The van der Waals surface area contributed by atoms with Crippen LogP contribution in [0.25, 0.3) is 0 Å². The first-order chi connectivity index (χ1) is 19.8. The van der Waals surface area contributed by atoms with Crippen LogP contribution in [0.3, 0.4) is 0 Å².